The first-order chi connectivity index (χ1) is 12.6. The summed E-state index contributed by atoms with van der Waals surface area (Å²) in [6, 6.07) is 0. The molecular formula is C17H29NNa2O8S. The average molecular weight is 453 g/mol. The minimum absolute atomic E-state index is 0. The third kappa shape index (κ3) is 26.0. The molecule has 0 aromatic heterocycles. The van der Waals surface area contributed by atoms with E-state index in [2.05, 4.69) is 11.7 Å². The van der Waals surface area contributed by atoms with Crippen LogP contribution in [0.25, 0.3) is 0 Å². The fraction of sp³-hybridized carbons (Fsp3) is 0.706. The SMILES string of the molecule is CCCCCCCCC=CC(N)=O.CCOC(=O)C(CC(=O)[O-])S(=O)(=O)[O-].[Na+].[Na+]. The minimum atomic E-state index is -5.03. The van der Waals surface area contributed by atoms with E-state index in [0.717, 1.165) is 6.42 Å². The van der Waals surface area contributed by atoms with E-state index < -0.39 is 33.7 Å². The number of allylic oxidation sites excluding steroid dienone is 1. The molecule has 0 aliphatic rings. The topological polar surface area (TPSA) is 167 Å². The summed E-state index contributed by atoms with van der Waals surface area (Å²) in [6.45, 7) is 3.47. The van der Waals surface area contributed by atoms with Crippen molar-refractivity contribution in [3.05, 3.63) is 12.2 Å². The van der Waals surface area contributed by atoms with E-state index in [1.807, 2.05) is 6.08 Å². The van der Waals surface area contributed by atoms with Gasteiger partial charge in [-0.05, 0) is 25.8 Å². The number of hydrogen-bond donors (Lipinski definition) is 1. The number of carbonyl (C=O) groups excluding carboxylic acids is 3. The van der Waals surface area contributed by atoms with Gasteiger partial charge in [0.25, 0.3) is 0 Å². The molecule has 0 heterocycles. The van der Waals surface area contributed by atoms with Gasteiger partial charge in [0, 0.05) is 12.4 Å². The van der Waals surface area contributed by atoms with Gasteiger partial charge in [0.15, 0.2) is 5.25 Å². The van der Waals surface area contributed by atoms with Crippen LogP contribution in [0, 0.1) is 0 Å². The van der Waals surface area contributed by atoms with Gasteiger partial charge in [-0.1, -0.05) is 45.1 Å². The number of primary amides is 1. The molecule has 0 spiro atoms. The molecule has 1 atom stereocenters. The molecule has 0 aromatic rings. The number of aliphatic carboxylic acids is 1. The normalized spacial score (nSPS) is 11.3. The summed E-state index contributed by atoms with van der Waals surface area (Å²) in [5.74, 6) is -3.51. The number of carbonyl (C=O) groups is 3. The predicted molar refractivity (Wildman–Crippen MR) is 96.1 cm³/mol. The zero-order valence-corrected chi connectivity index (χ0v) is 22.7. The van der Waals surface area contributed by atoms with Crippen molar-refractivity contribution in [2.45, 2.75) is 70.5 Å². The van der Waals surface area contributed by atoms with Crippen LogP contribution in [-0.2, 0) is 29.2 Å². The van der Waals surface area contributed by atoms with Crippen LogP contribution in [-0.4, -0.2) is 42.7 Å². The Balaban J connectivity index is -0.000000202. The van der Waals surface area contributed by atoms with E-state index >= 15 is 0 Å². The van der Waals surface area contributed by atoms with Crippen LogP contribution in [0.2, 0.25) is 0 Å². The molecule has 1 unspecified atom stereocenters. The van der Waals surface area contributed by atoms with Gasteiger partial charge in [-0.3, -0.25) is 9.59 Å². The summed E-state index contributed by atoms with van der Waals surface area (Å²) in [5, 5.41) is 7.81. The summed E-state index contributed by atoms with van der Waals surface area (Å²) in [6.07, 6.45) is 10.8. The molecule has 0 fully saturated rings. The molecule has 0 rings (SSSR count). The molecule has 0 saturated heterocycles. The van der Waals surface area contributed by atoms with Gasteiger partial charge < -0.3 is 24.9 Å². The van der Waals surface area contributed by atoms with Crippen LogP contribution >= 0.6 is 0 Å². The number of nitrogens with two attached hydrogens (primary N) is 1. The van der Waals surface area contributed by atoms with Crippen LogP contribution in [0.4, 0.5) is 0 Å². The first kappa shape index (κ1) is 36.4. The minimum Gasteiger partial charge on any atom is -0.747 e. The molecule has 0 radical (unpaired) electrons. The maximum Gasteiger partial charge on any atom is 1.00 e. The summed E-state index contributed by atoms with van der Waals surface area (Å²) in [4.78, 5) is 31.2. The van der Waals surface area contributed by atoms with Crippen molar-refractivity contribution in [3.63, 3.8) is 0 Å². The van der Waals surface area contributed by atoms with Crippen molar-refractivity contribution in [1.82, 2.24) is 0 Å². The fourth-order valence-corrected chi connectivity index (χ4v) is 2.58. The van der Waals surface area contributed by atoms with Crippen LogP contribution in [0.1, 0.15) is 65.2 Å². The number of esters is 1. The molecule has 0 saturated carbocycles. The molecule has 0 aromatic carbocycles. The first-order valence-electron chi connectivity index (χ1n) is 8.83. The molecule has 12 heteroatoms. The zero-order chi connectivity index (χ0) is 21.3. The Hall–Kier alpha value is 0.0600. The van der Waals surface area contributed by atoms with Crippen molar-refractivity contribution in [2.24, 2.45) is 5.73 Å². The van der Waals surface area contributed by atoms with E-state index in [1.54, 1.807) is 0 Å². The number of rotatable bonds is 13. The Kier molecular flexibility index (Phi) is 28.6. The molecule has 0 bridgehead atoms. The second-order valence-corrected chi connectivity index (χ2v) is 7.23. The van der Waals surface area contributed by atoms with E-state index in [1.165, 1.54) is 51.5 Å². The van der Waals surface area contributed by atoms with Gasteiger partial charge in [-0.25, -0.2) is 8.42 Å². The summed E-state index contributed by atoms with van der Waals surface area (Å²) < 4.78 is 35.5. The largest absolute Gasteiger partial charge is 1.00 e. The second-order valence-electron chi connectivity index (χ2n) is 5.67. The molecular weight excluding hydrogens is 424 g/mol. The van der Waals surface area contributed by atoms with E-state index in [-0.39, 0.29) is 71.6 Å². The Labute approximate surface area is 217 Å². The van der Waals surface area contributed by atoms with E-state index in [9.17, 15) is 32.5 Å². The average Bonchev–Trinajstić information content (AvgIpc) is 2.54. The maximum absolute atomic E-state index is 10.8. The maximum atomic E-state index is 10.8. The Morgan fingerprint density at radius 2 is 1.55 bits per heavy atom. The quantitative estimate of drug-likeness (QED) is 0.0947. The van der Waals surface area contributed by atoms with Crippen molar-refractivity contribution >= 4 is 28.0 Å². The third-order valence-corrected chi connectivity index (χ3v) is 4.31. The third-order valence-electron chi connectivity index (χ3n) is 3.26. The number of carboxylic acid groups (broad SMARTS) is 1. The standard InChI is InChI=1S/C11H21NO.C6H10O7S.2Na/c1-2-3-4-5-6-7-8-9-10-11(12)13;1-2-13-6(9)4(3-5(7)8)14(10,11)12;;/h9-10H,2-8H2,1H3,(H2,12,13);4H,2-3H2,1H3,(H,7,8)(H,10,11,12);;/q;;2*+1/p-2. The van der Waals surface area contributed by atoms with Gasteiger partial charge in [-0.2, -0.15) is 0 Å². The van der Waals surface area contributed by atoms with Crippen LogP contribution < -0.4 is 70.0 Å². The molecule has 29 heavy (non-hydrogen) atoms. The molecule has 2 N–H and O–H groups in total. The number of unbranched alkanes of at least 4 members (excludes halogenated alkanes) is 6. The number of ether oxygens (including phenoxy) is 1. The smallest absolute Gasteiger partial charge is 0.747 e. The van der Waals surface area contributed by atoms with E-state index in [4.69, 9.17) is 5.73 Å². The molecule has 0 aliphatic heterocycles. The predicted octanol–water partition coefficient (Wildman–Crippen LogP) is -5.61. The van der Waals surface area contributed by atoms with Crippen LogP contribution in [0.15, 0.2) is 12.2 Å². The fourth-order valence-electron chi connectivity index (χ4n) is 1.93. The Morgan fingerprint density at radius 1 is 1.03 bits per heavy atom. The monoisotopic (exact) mass is 453 g/mol. The first-order valence-corrected chi connectivity index (χ1v) is 10.3. The van der Waals surface area contributed by atoms with E-state index in [0.29, 0.717) is 0 Å². The van der Waals surface area contributed by atoms with Crippen molar-refractivity contribution in [1.29, 1.82) is 0 Å². The van der Waals surface area contributed by atoms with Crippen LogP contribution in [0.5, 0.6) is 0 Å². The van der Waals surface area contributed by atoms with Crippen LogP contribution in [0.3, 0.4) is 0 Å². The Bertz CT molecular complexity index is 582. The number of hydrogen-bond acceptors (Lipinski definition) is 8. The van der Waals surface area contributed by atoms with Crippen molar-refractivity contribution in [3.8, 4) is 0 Å². The molecule has 1 amide bonds. The van der Waals surface area contributed by atoms with Gasteiger partial charge in [-0.15, -0.1) is 0 Å². The van der Waals surface area contributed by atoms with Gasteiger partial charge in [0.1, 0.15) is 10.1 Å². The van der Waals surface area contributed by atoms with Crippen molar-refractivity contribution < 1.29 is 96.3 Å². The number of amides is 1. The second kappa shape index (κ2) is 22.7. The summed E-state index contributed by atoms with van der Waals surface area (Å²) in [7, 11) is -5.03. The van der Waals surface area contributed by atoms with Gasteiger partial charge in [0.2, 0.25) is 5.91 Å². The summed E-state index contributed by atoms with van der Waals surface area (Å²) >= 11 is 0. The molecule has 158 valence electrons. The summed E-state index contributed by atoms with van der Waals surface area (Å²) in [5.41, 5.74) is 4.95. The zero-order valence-electron chi connectivity index (χ0n) is 17.8. The van der Waals surface area contributed by atoms with Gasteiger partial charge in [0.05, 0.1) is 6.61 Å². The molecule has 9 nitrogen and oxygen atoms in total. The Morgan fingerprint density at radius 3 is 1.97 bits per heavy atom. The molecule has 0 aliphatic carbocycles. The van der Waals surface area contributed by atoms with Crippen molar-refractivity contribution in [2.75, 3.05) is 6.61 Å². The number of carboxylic acids is 1. The van der Waals surface area contributed by atoms with Gasteiger partial charge >= 0.3 is 65.1 Å².